The normalized spacial score (nSPS) is 13.2. The number of hydrogen-bond donors (Lipinski definition) is 1. The molecule has 0 saturated carbocycles. The molecule has 4 aromatic rings. The van der Waals surface area contributed by atoms with Crippen LogP contribution in [-0.2, 0) is 11.8 Å². The third-order valence-electron chi connectivity index (χ3n) is 5.29. The maximum atomic E-state index is 3.95. The van der Waals surface area contributed by atoms with Gasteiger partial charge in [-0.1, -0.05) is 121 Å². The third kappa shape index (κ3) is 4.48. The van der Waals surface area contributed by atoms with Crippen LogP contribution in [-0.4, -0.2) is 0 Å². The van der Waals surface area contributed by atoms with Gasteiger partial charge in [-0.15, -0.1) is 0 Å². The Kier molecular flexibility index (Phi) is 6.20. The maximum Gasteiger partial charge on any atom is 0.0691 e. The summed E-state index contributed by atoms with van der Waals surface area (Å²) in [4.78, 5) is 0. The molecule has 0 saturated heterocycles. The summed E-state index contributed by atoms with van der Waals surface area (Å²) in [5.41, 5.74) is 2.61. The lowest BCUT2D eigenvalue weighted by Crippen LogP contribution is -2.42. The van der Waals surface area contributed by atoms with Crippen molar-refractivity contribution in [3.05, 3.63) is 132 Å². The second-order valence-corrected chi connectivity index (χ2v) is 9.88. The summed E-state index contributed by atoms with van der Waals surface area (Å²) in [7, 11) is -0.680. The van der Waals surface area contributed by atoms with E-state index in [1.54, 1.807) is 0 Å². The van der Waals surface area contributed by atoms with Crippen LogP contribution in [0.2, 0.25) is 0 Å². The summed E-state index contributed by atoms with van der Waals surface area (Å²) in [5, 5.41) is 6.49. The molecule has 144 valence electrons. The van der Waals surface area contributed by atoms with E-state index < -0.39 is 7.92 Å². The highest BCUT2D eigenvalue weighted by Gasteiger charge is 2.37. The fourth-order valence-electron chi connectivity index (χ4n) is 3.76. The van der Waals surface area contributed by atoms with Crippen LogP contribution in [0.5, 0.6) is 0 Å². The second-order valence-electron chi connectivity index (χ2n) is 7.28. The van der Waals surface area contributed by atoms with Crippen LogP contribution in [0.15, 0.2) is 121 Å². The van der Waals surface area contributed by atoms with E-state index in [9.17, 15) is 0 Å². The fraction of sp³-hybridized carbons (Fsp3) is 0.111. The van der Waals surface area contributed by atoms with Crippen molar-refractivity contribution in [2.24, 2.45) is 0 Å². The quantitative estimate of drug-likeness (QED) is 0.391. The first-order valence-electron chi connectivity index (χ1n) is 10.0. The molecule has 1 N–H and O–H groups in total. The maximum absolute atomic E-state index is 3.95. The standard InChI is InChI=1S/C27H26NP/c1-27(24-16-8-3-9-17-24,28-22-23-14-6-2-7-15-23)29(25-18-10-4-11-19-25)26-20-12-5-13-21-26/h2-21,28H,22H2,1H3. The van der Waals surface area contributed by atoms with E-state index in [1.807, 2.05) is 0 Å². The number of rotatable bonds is 7. The zero-order valence-corrected chi connectivity index (χ0v) is 17.6. The monoisotopic (exact) mass is 395 g/mol. The van der Waals surface area contributed by atoms with Crippen molar-refractivity contribution in [1.29, 1.82) is 0 Å². The summed E-state index contributed by atoms with van der Waals surface area (Å²) in [6, 6.07) is 43.4. The molecule has 4 rings (SSSR count). The van der Waals surface area contributed by atoms with E-state index in [4.69, 9.17) is 0 Å². The molecule has 0 radical (unpaired) electrons. The largest absolute Gasteiger partial charge is 0.299 e. The molecule has 2 heteroatoms. The van der Waals surface area contributed by atoms with Crippen LogP contribution < -0.4 is 15.9 Å². The zero-order valence-electron chi connectivity index (χ0n) is 16.7. The lowest BCUT2D eigenvalue weighted by atomic mass is 10.1. The highest BCUT2D eigenvalue weighted by Crippen LogP contribution is 2.52. The van der Waals surface area contributed by atoms with Gasteiger partial charge in [-0.3, -0.25) is 5.32 Å². The number of hydrogen-bond acceptors (Lipinski definition) is 1. The lowest BCUT2D eigenvalue weighted by Gasteiger charge is -2.40. The Morgan fingerprint density at radius 2 is 1.00 bits per heavy atom. The topological polar surface area (TPSA) is 12.0 Å². The first-order valence-corrected chi connectivity index (χ1v) is 11.4. The Morgan fingerprint density at radius 3 is 1.48 bits per heavy atom. The van der Waals surface area contributed by atoms with Gasteiger partial charge < -0.3 is 0 Å². The van der Waals surface area contributed by atoms with E-state index in [0.717, 1.165) is 6.54 Å². The van der Waals surface area contributed by atoms with Crippen LogP contribution in [0.1, 0.15) is 18.1 Å². The minimum atomic E-state index is -0.680. The van der Waals surface area contributed by atoms with Crippen LogP contribution in [0.25, 0.3) is 0 Å². The van der Waals surface area contributed by atoms with Crippen molar-refractivity contribution in [2.45, 2.75) is 18.7 Å². The fourth-order valence-corrected chi connectivity index (χ4v) is 6.68. The summed E-state index contributed by atoms with van der Waals surface area (Å²) >= 11 is 0. The average molecular weight is 395 g/mol. The highest BCUT2D eigenvalue weighted by molar-refractivity contribution is 7.74. The third-order valence-corrected chi connectivity index (χ3v) is 8.23. The van der Waals surface area contributed by atoms with Crippen molar-refractivity contribution in [3.63, 3.8) is 0 Å². The molecule has 1 atom stereocenters. The number of nitrogens with one attached hydrogen (secondary N) is 1. The van der Waals surface area contributed by atoms with Gasteiger partial charge in [0.15, 0.2) is 0 Å². The molecule has 0 fully saturated rings. The molecule has 0 bridgehead atoms. The van der Waals surface area contributed by atoms with E-state index in [0.29, 0.717) is 0 Å². The second kappa shape index (κ2) is 9.18. The molecule has 0 aliphatic rings. The molecule has 0 aliphatic carbocycles. The van der Waals surface area contributed by atoms with Crippen molar-refractivity contribution in [3.8, 4) is 0 Å². The Labute approximate surface area is 175 Å². The van der Waals surface area contributed by atoms with Crippen LogP contribution in [0, 0.1) is 0 Å². The van der Waals surface area contributed by atoms with Gasteiger partial charge in [0.1, 0.15) is 0 Å². The molecule has 0 aromatic heterocycles. The number of benzene rings is 4. The Bertz CT molecular complexity index is 964. The molecule has 0 amide bonds. The van der Waals surface area contributed by atoms with Gasteiger partial charge in [0.25, 0.3) is 0 Å². The van der Waals surface area contributed by atoms with E-state index in [2.05, 4.69) is 134 Å². The van der Waals surface area contributed by atoms with Crippen LogP contribution in [0.4, 0.5) is 0 Å². The minimum Gasteiger partial charge on any atom is -0.299 e. The zero-order chi connectivity index (χ0) is 19.9. The van der Waals surface area contributed by atoms with Gasteiger partial charge in [-0.05, 0) is 36.6 Å². The SMILES string of the molecule is CC(NCc1ccccc1)(c1ccccc1)P(c1ccccc1)c1ccccc1. The predicted octanol–water partition coefficient (Wildman–Crippen LogP) is 5.78. The highest BCUT2D eigenvalue weighted by atomic mass is 31.1. The lowest BCUT2D eigenvalue weighted by molar-refractivity contribution is 0.516. The molecule has 0 aliphatic heterocycles. The smallest absolute Gasteiger partial charge is 0.0691 e. The average Bonchev–Trinajstić information content (AvgIpc) is 2.81. The minimum absolute atomic E-state index is 0.213. The van der Waals surface area contributed by atoms with Gasteiger partial charge >= 0.3 is 0 Å². The predicted molar refractivity (Wildman–Crippen MR) is 126 cm³/mol. The molecule has 4 aromatic carbocycles. The summed E-state index contributed by atoms with van der Waals surface area (Å²) in [5.74, 6) is 0. The molecular weight excluding hydrogens is 369 g/mol. The van der Waals surface area contributed by atoms with Gasteiger partial charge in [-0.25, -0.2) is 0 Å². The molecule has 1 unspecified atom stereocenters. The Balaban J connectivity index is 1.82. The summed E-state index contributed by atoms with van der Waals surface area (Å²) in [6.45, 7) is 3.18. The molecule has 1 nitrogen and oxygen atoms in total. The van der Waals surface area contributed by atoms with Gasteiger partial charge in [0.2, 0.25) is 0 Å². The Hall–Kier alpha value is -2.73. The van der Waals surface area contributed by atoms with Gasteiger partial charge in [0.05, 0.1) is 5.28 Å². The van der Waals surface area contributed by atoms with E-state index in [1.165, 1.54) is 21.7 Å². The van der Waals surface area contributed by atoms with Gasteiger partial charge in [-0.2, -0.15) is 0 Å². The first kappa shape index (κ1) is 19.6. The van der Waals surface area contributed by atoms with Crippen LogP contribution >= 0.6 is 7.92 Å². The molecule has 0 heterocycles. The molecule has 29 heavy (non-hydrogen) atoms. The summed E-state index contributed by atoms with van der Waals surface area (Å²) < 4.78 is 0. The van der Waals surface area contributed by atoms with Gasteiger partial charge in [0, 0.05) is 6.54 Å². The summed E-state index contributed by atoms with van der Waals surface area (Å²) in [6.07, 6.45) is 0. The van der Waals surface area contributed by atoms with Crippen molar-refractivity contribution < 1.29 is 0 Å². The van der Waals surface area contributed by atoms with E-state index in [-0.39, 0.29) is 5.28 Å². The van der Waals surface area contributed by atoms with Crippen molar-refractivity contribution in [1.82, 2.24) is 5.32 Å². The Morgan fingerprint density at radius 1 is 0.586 bits per heavy atom. The van der Waals surface area contributed by atoms with E-state index >= 15 is 0 Å². The molecule has 0 spiro atoms. The van der Waals surface area contributed by atoms with Crippen LogP contribution in [0.3, 0.4) is 0 Å². The first-order chi connectivity index (χ1) is 14.3. The van der Waals surface area contributed by atoms with Crippen molar-refractivity contribution >= 4 is 18.5 Å². The molecular formula is C27H26NP. The van der Waals surface area contributed by atoms with Crippen molar-refractivity contribution in [2.75, 3.05) is 0 Å².